The first-order valence-electron chi connectivity index (χ1n) is 10.5. The first kappa shape index (κ1) is 19.2. The lowest BCUT2D eigenvalue weighted by Crippen LogP contribution is -2.52. The minimum atomic E-state index is -0.223. The van der Waals surface area contributed by atoms with Crippen LogP contribution in [0.1, 0.15) is 48.9 Å². The lowest BCUT2D eigenvalue weighted by atomic mass is 9.80. The van der Waals surface area contributed by atoms with Gasteiger partial charge >= 0.3 is 0 Å². The van der Waals surface area contributed by atoms with Gasteiger partial charge in [-0.1, -0.05) is 54.6 Å². The van der Waals surface area contributed by atoms with Crippen molar-refractivity contribution in [3.8, 4) is 0 Å². The van der Waals surface area contributed by atoms with E-state index in [0.717, 1.165) is 51.9 Å². The molecule has 4 heteroatoms. The number of carbonyl (C=O) groups is 1. The van der Waals surface area contributed by atoms with Crippen molar-refractivity contribution in [2.75, 3.05) is 26.2 Å². The number of hydrogen-bond donors (Lipinski definition) is 2. The molecule has 4 nitrogen and oxygen atoms in total. The normalized spacial score (nSPS) is 21.7. The predicted octanol–water partition coefficient (Wildman–Crippen LogP) is 3.39. The van der Waals surface area contributed by atoms with Gasteiger partial charge < -0.3 is 15.5 Å². The van der Waals surface area contributed by atoms with Crippen molar-refractivity contribution >= 4 is 5.91 Å². The maximum Gasteiger partial charge on any atom is 0.217 e. The van der Waals surface area contributed by atoms with Crippen LogP contribution >= 0.6 is 0 Å². The summed E-state index contributed by atoms with van der Waals surface area (Å²) in [5.74, 6) is 0.0558. The van der Waals surface area contributed by atoms with Crippen LogP contribution in [0.2, 0.25) is 0 Å². The van der Waals surface area contributed by atoms with E-state index in [2.05, 4.69) is 64.1 Å². The molecule has 1 amide bonds. The fraction of sp³-hybridized carbons (Fsp3) is 0.458. The van der Waals surface area contributed by atoms with Gasteiger partial charge in [-0.05, 0) is 55.5 Å². The second kappa shape index (κ2) is 8.46. The van der Waals surface area contributed by atoms with Gasteiger partial charge in [0.15, 0.2) is 0 Å². The fourth-order valence-corrected chi connectivity index (χ4v) is 4.90. The van der Waals surface area contributed by atoms with Crippen molar-refractivity contribution in [2.45, 2.75) is 44.2 Å². The van der Waals surface area contributed by atoms with Gasteiger partial charge in [-0.25, -0.2) is 0 Å². The monoisotopic (exact) mass is 377 g/mol. The van der Waals surface area contributed by atoms with Gasteiger partial charge in [-0.15, -0.1) is 0 Å². The lowest BCUT2D eigenvalue weighted by Gasteiger charge is -2.43. The van der Waals surface area contributed by atoms with Crippen LogP contribution in [0.25, 0.3) is 0 Å². The second-order valence-corrected chi connectivity index (χ2v) is 8.22. The van der Waals surface area contributed by atoms with Gasteiger partial charge in [-0.2, -0.15) is 0 Å². The van der Waals surface area contributed by atoms with Crippen LogP contribution in [-0.2, 0) is 16.8 Å². The van der Waals surface area contributed by atoms with Crippen molar-refractivity contribution in [1.29, 1.82) is 0 Å². The zero-order valence-corrected chi connectivity index (χ0v) is 16.8. The van der Waals surface area contributed by atoms with E-state index in [0.29, 0.717) is 6.04 Å². The molecule has 2 aromatic rings. The summed E-state index contributed by atoms with van der Waals surface area (Å²) >= 11 is 0. The van der Waals surface area contributed by atoms with Crippen molar-refractivity contribution in [3.05, 3.63) is 71.3 Å². The summed E-state index contributed by atoms with van der Waals surface area (Å²) in [6, 6.07) is 19.8. The molecule has 1 fully saturated rings. The highest BCUT2D eigenvalue weighted by Gasteiger charge is 2.36. The van der Waals surface area contributed by atoms with Crippen LogP contribution in [0.5, 0.6) is 0 Å². The molecule has 0 radical (unpaired) electrons. The number of carbonyl (C=O) groups excluding carboxylic acids is 1. The zero-order chi connectivity index (χ0) is 19.4. The molecule has 2 aliphatic rings. The van der Waals surface area contributed by atoms with E-state index in [1.54, 1.807) is 6.92 Å². The Balaban J connectivity index is 1.38. The molecule has 0 aromatic heterocycles. The topological polar surface area (TPSA) is 44.4 Å². The Labute approximate surface area is 168 Å². The molecule has 1 atom stereocenters. The summed E-state index contributed by atoms with van der Waals surface area (Å²) in [7, 11) is 0. The lowest BCUT2D eigenvalue weighted by molar-refractivity contribution is -0.121. The highest BCUT2D eigenvalue weighted by atomic mass is 16.1. The number of nitrogens with one attached hydrogen (secondary N) is 2. The van der Waals surface area contributed by atoms with Crippen LogP contribution in [0.15, 0.2) is 54.6 Å². The number of nitrogens with zero attached hydrogens (tertiary/aromatic N) is 1. The fourth-order valence-electron chi connectivity index (χ4n) is 4.90. The molecular weight excluding hydrogens is 346 g/mol. The average Bonchev–Trinajstić information content (AvgIpc) is 2.73. The van der Waals surface area contributed by atoms with Gasteiger partial charge in [0.05, 0.1) is 5.54 Å². The number of hydrogen-bond acceptors (Lipinski definition) is 3. The summed E-state index contributed by atoms with van der Waals surface area (Å²) in [6.45, 7) is 5.83. The Morgan fingerprint density at radius 1 is 1.11 bits per heavy atom. The van der Waals surface area contributed by atoms with Crippen molar-refractivity contribution in [3.63, 3.8) is 0 Å². The number of benzene rings is 2. The highest BCUT2D eigenvalue weighted by molar-refractivity contribution is 5.74. The van der Waals surface area contributed by atoms with Crippen LogP contribution in [0, 0.1) is 0 Å². The van der Waals surface area contributed by atoms with E-state index in [4.69, 9.17) is 0 Å². The van der Waals surface area contributed by atoms with Crippen LogP contribution < -0.4 is 10.6 Å². The van der Waals surface area contributed by atoms with Crippen LogP contribution in [-0.4, -0.2) is 37.0 Å². The third-order valence-corrected chi connectivity index (χ3v) is 6.40. The van der Waals surface area contributed by atoms with E-state index in [-0.39, 0.29) is 11.4 Å². The Morgan fingerprint density at radius 3 is 2.57 bits per heavy atom. The third-order valence-electron chi connectivity index (χ3n) is 6.40. The van der Waals surface area contributed by atoms with E-state index >= 15 is 0 Å². The largest absolute Gasteiger partial charge is 0.347 e. The minimum absolute atomic E-state index is 0.0558. The number of rotatable bonds is 5. The second-order valence-electron chi connectivity index (χ2n) is 8.22. The number of fused-ring (bicyclic) bond motifs is 1. The Bertz CT molecular complexity index is 797. The quantitative estimate of drug-likeness (QED) is 0.839. The smallest absolute Gasteiger partial charge is 0.217 e. The number of piperidine rings is 1. The molecular formula is C24H31N3O. The number of amides is 1. The number of likely N-dealkylation sites (tertiary alicyclic amines) is 1. The molecule has 0 spiro atoms. The summed E-state index contributed by atoms with van der Waals surface area (Å²) < 4.78 is 0. The predicted molar refractivity (Wildman–Crippen MR) is 113 cm³/mol. The van der Waals surface area contributed by atoms with Gasteiger partial charge in [-0.3, -0.25) is 4.79 Å². The van der Waals surface area contributed by atoms with E-state index in [1.807, 2.05) is 6.07 Å². The maximum absolute atomic E-state index is 11.9. The Hall–Kier alpha value is -2.17. The first-order valence-corrected chi connectivity index (χ1v) is 10.5. The summed E-state index contributed by atoms with van der Waals surface area (Å²) in [4.78, 5) is 14.4. The molecule has 2 heterocycles. The molecule has 0 bridgehead atoms. The highest BCUT2D eigenvalue weighted by Crippen LogP contribution is 2.33. The maximum atomic E-state index is 11.9. The Morgan fingerprint density at radius 2 is 1.82 bits per heavy atom. The Kier molecular flexibility index (Phi) is 5.79. The molecule has 1 saturated heterocycles. The molecule has 0 aliphatic carbocycles. The molecule has 2 N–H and O–H groups in total. The first-order chi connectivity index (χ1) is 13.7. The minimum Gasteiger partial charge on any atom is -0.347 e. The summed E-state index contributed by atoms with van der Waals surface area (Å²) in [5, 5.41) is 6.97. The van der Waals surface area contributed by atoms with Gasteiger partial charge in [0.25, 0.3) is 0 Å². The molecule has 28 heavy (non-hydrogen) atoms. The van der Waals surface area contributed by atoms with Crippen LogP contribution in [0.3, 0.4) is 0 Å². The van der Waals surface area contributed by atoms with E-state index in [9.17, 15) is 4.79 Å². The van der Waals surface area contributed by atoms with Gasteiger partial charge in [0.1, 0.15) is 0 Å². The van der Waals surface area contributed by atoms with Crippen LogP contribution in [0.4, 0.5) is 0 Å². The van der Waals surface area contributed by atoms with E-state index < -0.39 is 0 Å². The standard InChI is InChI=1S/C24H31N3O/c1-19(28)26-24(21-8-3-2-4-9-21)13-17-27(18-14-24)16-12-23-22-10-6-5-7-20(22)11-15-25-23/h2-10,23,25H,11-18H2,1H3,(H,26,28). The van der Waals surface area contributed by atoms with Gasteiger partial charge in [0.2, 0.25) is 5.91 Å². The summed E-state index contributed by atoms with van der Waals surface area (Å²) in [6.07, 6.45) is 4.19. The van der Waals surface area contributed by atoms with E-state index in [1.165, 1.54) is 16.7 Å². The molecule has 1 unspecified atom stereocenters. The van der Waals surface area contributed by atoms with Gasteiger partial charge in [0, 0.05) is 26.1 Å². The molecule has 148 valence electrons. The molecule has 2 aliphatic heterocycles. The molecule has 4 rings (SSSR count). The van der Waals surface area contributed by atoms with Crippen molar-refractivity contribution < 1.29 is 4.79 Å². The SMILES string of the molecule is CC(=O)NC1(c2ccccc2)CCN(CCC2NCCc3ccccc32)CC1. The average molecular weight is 378 g/mol. The van der Waals surface area contributed by atoms with Crippen molar-refractivity contribution in [2.24, 2.45) is 0 Å². The summed E-state index contributed by atoms with van der Waals surface area (Å²) in [5.41, 5.74) is 3.98. The molecule has 2 aromatic carbocycles. The third kappa shape index (κ3) is 4.13. The van der Waals surface area contributed by atoms with Crippen molar-refractivity contribution in [1.82, 2.24) is 15.5 Å². The zero-order valence-electron chi connectivity index (χ0n) is 16.8. The molecule has 0 saturated carbocycles.